The van der Waals surface area contributed by atoms with Gasteiger partial charge in [0, 0.05) is 29.5 Å². The number of nitrogens with zero attached hydrogens (tertiary/aromatic N) is 3. The van der Waals surface area contributed by atoms with E-state index in [9.17, 15) is 15.4 Å². The number of nitro groups is 1. The molecular weight excluding hydrogens is 434 g/mol. The van der Waals surface area contributed by atoms with Crippen molar-refractivity contribution in [2.75, 3.05) is 14.2 Å². The number of nitro benzene ring substituents is 1. The molecule has 8 nitrogen and oxygen atoms in total. The fourth-order valence-electron chi connectivity index (χ4n) is 3.41. The summed E-state index contributed by atoms with van der Waals surface area (Å²) < 4.78 is 16.6. The highest BCUT2D eigenvalue weighted by atomic mass is 16.6. The summed E-state index contributed by atoms with van der Waals surface area (Å²) >= 11 is 0. The van der Waals surface area contributed by atoms with Crippen LogP contribution < -0.4 is 9.47 Å². The number of nitriles is 1. The van der Waals surface area contributed by atoms with Crippen LogP contribution in [0.1, 0.15) is 11.1 Å². The number of methoxy groups -OCH3 is 2. The van der Waals surface area contributed by atoms with Crippen LogP contribution in [0.5, 0.6) is 11.5 Å². The summed E-state index contributed by atoms with van der Waals surface area (Å²) in [6, 6.07) is 22.7. The van der Waals surface area contributed by atoms with Crippen molar-refractivity contribution in [1.82, 2.24) is 0 Å². The van der Waals surface area contributed by atoms with Gasteiger partial charge >= 0.3 is 0 Å². The molecule has 0 saturated heterocycles. The van der Waals surface area contributed by atoms with Gasteiger partial charge in [0.25, 0.3) is 5.69 Å². The van der Waals surface area contributed by atoms with Crippen LogP contribution >= 0.6 is 0 Å². The van der Waals surface area contributed by atoms with E-state index in [2.05, 4.69) is 11.1 Å². The Morgan fingerprint density at radius 1 is 0.912 bits per heavy atom. The van der Waals surface area contributed by atoms with E-state index in [0.717, 1.165) is 11.1 Å². The number of furan rings is 1. The van der Waals surface area contributed by atoms with Crippen molar-refractivity contribution in [1.29, 1.82) is 5.26 Å². The maximum absolute atomic E-state index is 10.9. The first-order chi connectivity index (χ1) is 16.5. The zero-order valence-electron chi connectivity index (χ0n) is 18.4. The summed E-state index contributed by atoms with van der Waals surface area (Å²) in [5.41, 5.74) is 3.00. The van der Waals surface area contributed by atoms with E-state index in [0.29, 0.717) is 28.4 Å². The second-order valence-corrected chi connectivity index (χ2v) is 7.16. The highest BCUT2D eigenvalue weighted by Crippen LogP contribution is 2.43. The van der Waals surface area contributed by atoms with E-state index < -0.39 is 4.92 Å². The Balaban J connectivity index is 1.82. The Hall–Kier alpha value is -4.90. The van der Waals surface area contributed by atoms with Crippen molar-refractivity contribution in [3.8, 4) is 40.0 Å². The minimum atomic E-state index is -0.469. The number of ether oxygens (including phenoxy) is 2. The molecule has 0 saturated carbocycles. The zero-order chi connectivity index (χ0) is 24.1. The third-order valence-corrected chi connectivity index (χ3v) is 5.17. The third-order valence-electron chi connectivity index (χ3n) is 5.17. The number of hydrogen-bond donors (Lipinski definition) is 0. The number of non-ortho nitro benzene ring substituents is 1. The van der Waals surface area contributed by atoms with Crippen LogP contribution in [0.3, 0.4) is 0 Å². The Labute approximate surface area is 195 Å². The van der Waals surface area contributed by atoms with Gasteiger partial charge in [0.1, 0.15) is 28.9 Å². The zero-order valence-corrected chi connectivity index (χ0v) is 18.4. The molecule has 0 N–H and O–H groups in total. The summed E-state index contributed by atoms with van der Waals surface area (Å²) in [7, 11) is 3.17. The van der Waals surface area contributed by atoms with Crippen molar-refractivity contribution in [3.63, 3.8) is 0 Å². The van der Waals surface area contributed by atoms with Crippen LogP contribution in [0.25, 0.3) is 22.5 Å². The molecule has 0 fully saturated rings. The Morgan fingerprint density at radius 3 is 1.97 bits per heavy atom. The van der Waals surface area contributed by atoms with Crippen LogP contribution in [-0.2, 0) is 0 Å². The minimum Gasteiger partial charge on any atom is -0.497 e. The van der Waals surface area contributed by atoms with Gasteiger partial charge in [-0.15, -0.1) is 0 Å². The molecule has 4 rings (SSSR count). The molecule has 0 unspecified atom stereocenters. The molecule has 168 valence electrons. The predicted octanol–water partition coefficient (Wildman–Crippen LogP) is 6.16. The SMILES string of the molecule is COc1ccc(-c2oc(N=Cc3ccc([N+](=O)[O-])cc3)c(C#N)c2-c2ccc(OC)cc2)cc1. The molecule has 0 spiro atoms. The molecule has 8 heteroatoms. The average Bonchev–Trinajstić information content (AvgIpc) is 3.26. The molecule has 0 aliphatic rings. The number of hydrogen-bond acceptors (Lipinski definition) is 7. The second kappa shape index (κ2) is 9.71. The van der Waals surface area contributed by atoms with Crippen molar-refractivity contribution >= 4 is 17.8 Å². The van der Waals surface area contributed by atoms with Crippen LogP contribution in [0.4, 0.5) is 11.6 Å². The summed E-state index contributed by atoms with van der Waals surface area (Å²) in [6.45, 7) is 0. The van der Waals surface area contributed by atoms with Gasteiger partial charge in [0.05, 0.1) is 19.1 Å². The summed E-state index contributed by atoms with van der Waals surface area (Å²) in [5.74, 6) is 2.00. The standard InChI is InChI=1S/C26H19N3O5/c1-32-21-11-5-18(6-12-21)24-23(15-27)26(28-16-17-3-9-20(10-4-17)29(30)31)34-25(24)19-7-13-22(33-2)14-8-19/h3-14,16H,1-2H3. The number of benzene rings is 3. The number of rotatable bonds is 7. The molecule has 0 amide bonds. The fourth-order valence-corrected chi connectivity index (χ4v) is 3.41. The summed E-state index contributed by atoms with van der Waals surface area (Å²) in [6.07, 6.45) is 1.50. The molecule has 3 aromatic carbocycles. The van der Waals surface area contributed by atoms with E-state index in [1.54, 1.807) is 38.5 Å². The second-order valence-electron chi connectivity index (χ2n) is 7.16. The van der Waals surface area contributed by atoms with Crippen molar-refractivity contribution in [2.24, 2.45) is 4.99 Å². The minimum absolute atomic E-state index is 0.0172. The van der Waals surface area contributed by atoms with Gasteiger partial charge in [0.15, 0.2) is 0 Å². The number of aliphatic imine (C=N–C) groups is 1. The molecule has 0 aliphatic heterocycles. The van der Waals surface area contributed by atoms with E-state index in [1.165, 1.54) is 18.3 Å². The van der Waals surface area contributed by atoms with Crippen LogP contribution in [0.15, 0.2) is 82.2 Å². The van der Waals surface area contributed by atoms with Gasteiger partial charge in [-0.25, -0.2) is 4.99 Å². The monoisotopic (exact) mass is 453 g/mol. The molecule has 0 bridgehead atoms. The first-order valence-electron chi connectivity index (χ1n) is 10.2. The van der Waals surface area contributed by atoms with Crippen LogP contribution in [0, 0.1) is 21.4 Å². The first-order valence-corrected chi connectivity index (χ1v) is 10.2. The van der Waals surface area contributed by atoms with Gasteiger partial charge < -0.3 is 13.9 Å². The smallest absolute Gasteiger partial charge is 0.269 e. The maximum Gasteiger partial charge on any atom is 0.269 e. The molecule has 1 aromatic heterocycles. The largest absolute Gasteiger partial charge is 0.497 e. The molecule has 34 heavy (non-hydrogen) atoms. The first kappa shape index (κ1) is 22.3. The average molecular weight is 453 g/mol. The Bertz CT molecular complexity index is 1380. The van der Waals surface area contributed by atoms with E-state index >= 15 is 0 Å². The van der Waals surface area contributed by atoms with Crippen molar-refractivity contribution in [2.45, 2.75) is 0 Å². The highest BCUT2D eigenvalue weighted by molar-refractivity contribution is 5.90. The van der Waals surface area contributed by atoms with E-state index in [4.69, 9.17) is 13.9 Å². The Morgan fingerprint density at radius 2 is 1.47 bits per heavy atom. The van der Waals surface area contributed by atoms with Gasteiger partial charge in [-0.3, -0.25) is 10.1 Å². The highest BCUT2D eigenvalue weighted by Gasteiger charge is 2.23. The predicted molar refractivity (Wildman–Crippen MR) is 128 cm³/mol. The molecule has 1 heterocycles. The quantitative estimate of drug-likeness (QED) is 0.188. The molecular formula is C26H19N3O5. The van der Waals surface area contributed by atoms with E-state index in [-0.39, 0.29) is 17.1 Å². The van der Waals surface area contributed by atoms with Crippen LogP contribution in [-0.4, -0.2) is 25.4 Å². The lowest BCUT2D eigenvalue weighted by Gasteiger charge is -2.06. The van der Waals surface area contributed by atoms with E-state index in [1.807, 2.05) is 36.4 Å². The molecule has 0 atom stereocenters. The third kappa shape index (κ3) is 4.49. The van der Waals surface area contributed by atoms with Gasteiger partial charge in [-0.2, -0.15) is 5.26 Å². The molecule has 4 aromatic rings. The summed E-state index contributed by atoms with van der Waals surface area (Å²) in [5, 5.41) is 20.9. The molecule has 0 radical (unpaired) electrons. The van der Waals surface area contributed by atoms with Crippen molar-refractivity contribution in [3.05, 3.63) is 94.0 Å². The summed E-state index contributed by atoms with van der Waals surface area (Å²) in [4.78, 5) is 14.8. The van der Waals surface area contributed by atoms with Crippen molar-refractivity contribution < 1.29 is 18.8 Å². The lowest BCUT2D eigenvalue weighted by atomic mass is 9.98. The van der Waals surface area contributed by atoms with Gasteiger partial charge in [-0.1, -0.05) is 12.1 Å². The maximum atomic E-state index is 10.9. The molecule has 0 aliphatic carbocycles. The van der Waals surface area contributed by atoms with Crippen LogP contribution in [0.2, 0.25) is 0 Å². The topological polar surface area (TPSA) is 111 Å². The lowest BCUT2D eigenvalue weighted by molar-refractivity contribution is -0.384. The van der Waals surface area contributed by atoms with Gasteiger partial charge in [-0.05, 0) is 59.7 Å². The van der Waals surface area contributed by atoms with Gasteiger partial charge in [0.2, 0.25) is 5.88 Å². The normalized spacial score (nSPS) is 10.7. The fraction of sp³-hybridized carbons (Fsp3) is 0.0769. The lowest BCUT2D eigenvalue weighted by Crippen LogP contribution is -1.88. The Kier molecular flexibility index (Phi) is 6.37.